The average molecular weight is 342 g/mol. The van der Waals surface area contributed by atoms with E-state index >= 15 is 0 Å². The number of carbonyl (C=O) groups excluding carboxylic acids is 3. The van der Waals surface area contributed by atoms with E-state index in [0.29, 0.717) is 0 Å². The number of rotatable bonds is 2. The van der Waals surface area contributed by atoms with E-state index in [0.717, 1.165) is 11.0 Å². The number of halogens is 1. The fourth-order valence-corrected chi connectivity index (χ4v) is 2.14. The average Bonchev–Trinajstić information content (AvgIpc) is 2.37. The van der Waals surface area contributed by atoms with Crippen LogP contribution in [0, 0.1) is 10.1 Å². The molecule has 1 saturated heterocycles. The molecule has 0 unspecified atom stereocenters. The summed E-state index contributed by atoms with van der Waals surface area (Å²) in [4.78, 5) is 45.8. The minimum absolute atomic E-state index is 0.0439. The van der Waals surface area contributed by atoms with Crippen LogP contribution >= 0.6 is 15.9 Å². The summed E-state index contributed by atoms with van der Waals surface area (Å²) < 4.78 is 0.242. The molecule has 1 aliphatic rings. The van der Waals surface area contributed by atoms with Crippen LogP contribution in [0.4, 0.5) is 5.69 Å². The molecule has 0 saturated carbocycles. The summed E-state index contributed by atoms with van der Waals surface area (Å²) in [5.74, 6) is -1.77. The first-order valence-electron chi connectivity index (χ1n) is 5.44. The first-order chi connectivity index (χ1) is 9.38. The number of nitrogens with one attached hydrogen (secondary N) is 1. The first kappa shape index (κ1) is 14.1. The second-order valence-corrected chi connectivity index (χ2v) is 4.91. The maximum atomic E-state index is 12.1. The summed E-state index contributed by atoms with van der Waals surface area (Å²) >= 11 is 3.01. The number of nitro benzene ring substituents is 1. The van der Waals surface area contributed by atoms with Gasteiger partial charge in [0.1, 0.15) is 13.1 Å². The number of nitrogens with zero attached hydrogens (tertiary/aromatic N) is 2. The molecule has 0 spiro atoms. The van der Waals surface area contributed by atoms with Crippen molar-refractivity contribution < 1.29 is 19.3 Å². The van der Waals surface area contributed by atoms with Crippen molar-refractivity contribution in [3.8, 4) is 0 Å². The highest BCUT2D eigenvalue weighted by Crippen LogP contribution is 2.26. The van der Waals surface area contributed by atoms with Crippen molar-refractivity contribution in [2.45, 2.75) is 0 Å². The molecule has 9 heteroatoms. The molecule has 0 radical (unpaired) electrons. The van der Waals surface area contributed by atoms with E-state index in [1.165, 1.54) is 12.1 Å². The van der Waals surface area contributed by atoms with Gasteiger partial charge in [0.05, 0.1) is 9.40 Å². The van der Waals surface area contributed by atoms with Crippen molar-refractivity contribution in [2.75, 3.05) is 13.1 Å². The van der Waals surface area contributed by atoms with E-state index in [4.69, 9.17) is 0 Å². The number of nitro groups is 1. The topological polar surface area (TPSA) is 110 Å². The number of benzene rings is 1. The summed E-state index contributed by atoms with van der Waals surface area (Å²) in [7, 11) is 0. The summed E-state index contributed by atoms with van der Waals surface area (Å²) in [5, 5.41) is 12.9. The van der Waals surface area contributed by atoms with Gasteiger partial charge in [-0.15, -0.1) is 0 Å². The maximum Gasteiger partial charge on any atom is 0.284 e. The molecule has 0 aliphatic carbocycles. The maximum absolute atomic E-state index is 12.1. The largest absolute Gasteiger partial charge is 0.320 e. The predicted octanol–water partition coefficient (Wildman–Crippen LogP) is 0.456. The molecule has 0 bridgehead atoms. The molecule has 1 aromatic rings. The van der Waals surface area contributed by atoms with Crippen LogP contribution in [0.2, 0.25) is 0 Å². The Hall–Kier alpha value is -2.29. The lowest BCUT2D eigenvalue weighted by Gasteiger charge is -2.25. The van der Waals surface area contributed by atoms with Crippen LogP contribution in [-0.2, 0) is 9.59 Å². The lowest BCUT2D eigenvalue weighted by atomic mass is 10.1. The van der Waals surface area contributed by atoms with Crippen LogP contribution in [0.5, 0.6) is 0 Å². The summed E-state index contributed by atoms with van der Waals surface area (Å²) in [6.07, 6.45) is 0. The van der Waals surface area contributed by atoms with Gasteiger partial charge in [0.25, 0.3) is 11.6 Å². The molecule has 1 fully saturated rings. The van der Waals surface area contributed by atoms with Gasteiger partial charge < -0.3 is 4.90 Å². The number of hydrogen-bond acceptors (Lipinski definition) is 5. The van der Waals surface area contributed by atoms with E-state index < -0.39 is 22.6 Å². The van der Waals surface area contributed by atoms with Crippen LogP contribution in [0.3, 0.4) is 0 Å². The van der Waals surface area contributed by atoms with Crippen molar-refractivity contribution in [3.05, 3.63) is 38.3 Å². The van der Waals surface area contributed by atoms with Crippen molar-refractivity contribution in [3.63, 3.8) is 0 Å². The fourth-order valence-electron chi connectivity index (χ4n) is 1.75. The van der Waals surface area contributed by atoms with Crippen LogP contribution in [0.1, 0.15) is 10.4 Å². The van der Waals surface area contributed by atoms with Crippen LogP contribution in [0.25, 0.3) is 0 Å². The van der Waals surface area contributed by atoms with Gasteiger partial charge in [0.15, 0.2) is 0 Å². The monoisotopic (exact) mass is 341 g/mol. The minimum atomic E-state index is -0.630. The van der Waals surface area contributed by atoms with Crippen molar-refractivity contribution in [2.24, 2.45) is 0 Å². The van der Waals surface area contributed by atoms with E-state index in [1.807, 2.05) is 0 Å². The Labute approximate surface area is 121 Å². The highest BCUT2D eigenvalue weighted by atomic mass is 79.9. The van der Waals surface area contributed by atoms with E-state index in [1.54, 1.807) is 0 Å². The Morgan fingerprint density at radius 2 is 1.90 bits per heavy atom. The van der Waals surface area contributed by atoms with Crippen molar-refractivity contribution >= 4 is 39.3 Å². The highest BCUT2D eigenvalue weighted by molar-refractivity contribution is 9.10. The van der Waals surface area contributed by atoms with E-state index in [-0.39, 0.29) is 28.8 Å². The molecule has 104 valence electrons. The van der Waals surface area contributed by atoms with E-state index in [9.17, 15) is 24.5 Å². The SMILES string of the molecule is O=C1CN(C(=O)c2ccc(Br)c([N+](=O)[O-])c2)CC(=O)N1. The summed E-state index contributed by atoms with van der Waals surface area (Å²) in [6.45, 7) is -0.511. The zero-order chi connectivity index (χ0) is 14.9. The van der Waals surface area contributed by atoms with Gasteiger partial charge in [-0.1, -0.05) is 0 Å². The van der Waals surface area contributed by atoms with Gasteiger partial charge in [0, 0.05) is 11.6 Å². The number of piperazine rings is 1. The lowest BCUT2D eigenvalue weighted by molar-refractivity contribution is -0.385. The third-order valence-electron chi connectivity index (χ3n) is 2.62. The second kappa shape index (κ2) is 5.37. The summed E-state index contributed by atoms with van der Waals surface area (Å²) in [6, 6.07) is 3.86. The van der Waals surface area contributed by atoms with Gasteiger partial charge in [-0.05, 0) is 28.1 Å². The number of amides is 3. The molecule has 3 amide bonds. The van der Waals surface area contributed by atoms with Gasteiger partial charge >= 0.3 is 0 Å². The fraction of sp³-hybridized carbons (Fsp3) is 0.182. The quantitative estimate of drug-likeness (QED) is 0.477. The Bertz CT molecular complexity index is 614. The van der Waals surface area contributed by atoms with E-state index in [2.05, 4.69) is 21.2 Å². The summed E-state index contributed by atoms with van der Waals surface area (Å²) in [5.41, 5.74) is -0.217. The smallest absolute Gasteiger partial charge is 0.284 e. The molecule has 1 N–H and O–H groups in total. The molecule has 2 rings (SSSR count). The first-order valence-corrected chi connectivity index (χ1v) is 6.23. The third-order valence-corrected chi connectivity index (χ3v) is 3.30. The predicted molar refractivity (Wildman–Crippen MR) is 69.8 cm³/mol. The normalized spacial score (nSPS) is 14.9. The molecular formula is C11H8BrN3O5. The standard InChI is InChI=1S/C11H8BrN3O5/c12-7-2-1-6(3-8(7)15(19)20)11(18)14-4-9(16)13-10(17)5-14/h1-3H,4-5H2,(H,13,16,17). The third kappa shape index (κ3) is 2.82. The van der Waals surface area contributed by atoms with Gasteiger partial charge in [-0.3, -0.25) is 29.8 Å². The Morgan fingerprint density at radius 3 is 2.45 bits per heavy atom. The van der Waals surface area contributed by atoms with Crippen molar-refractivity contribution in [1.82, 2.24) is 10.2 Å². The molecule has 20 heavy (non-hydrogen) atoms. The molecule has 0 atom stereocenters. The molecular weight excluding hydrogens is 334 g/mol. The Balaban J connectivity index is 2.29. The highest BCUT2D eigenvalue weighted by Gasteiger charge is 2.28. The van der Waals surface area contributed by atoms with Gasteiger partial charge in [0.2, 0.25) is 11.8 Å². The molecule has 1 heterocycles. The number of carbonyl (C=O) groups is 3. The molecule has 1 aromatic carbocycles. The van der Waals surface area contributed by atoms with Crippen LogP contribution in [0.15, 0.2) is 22.7 Å². The number of hydrogen-bond donors (Lipinski definition) is 1. The van der Waals surface area contributed by atoms with Gasteiger partial charge in [-0.25, -0.2) is 0 Å². The van der Waals surface area contributed by atoms with Gasteiger partial charge in [-0.2, -0.15) is 0 Å². The molecule has 8 nitrogen and oxygen atoms in total. The zero-order valence-electron chi connectivity index (χ0n) is 9.96. The Kier molecular flexibility index (Phi) is 3.79. The van der Waals surface area contributed by atoms with Crippen molar-refractivity contribution in [1.29, 1.82) is 0 Å². The minimum Gasteiger partial charge on any atom is -0.320 e. The van der Waals surface area contributed by atoms with Crippen LogP contribution < -0.4 is 5.32 Å². The Morgan fingerprint density at radius 1 is 1.30 bits per heavy atom. The second-order valence-electron chi connectivity index (χ2n) is 4.06. The number of imide groups is 1. The molecule has 1 aliphatic heterocycles. The van der Waals surface area contributed by atoms with Crippen LogP contribution in [-0.4, -0.2) is 40.6 Å². The molecule has 0 aromatic heterocycles. The lowest BCUT2D eigenvalue weighted by Crippen LogP contribution is -2.53. The zero-order valence-corrected chi connectivity index (χ0v) is 11.5.